The molecule has 96 valence electrons. The third-order valence-electron chi connectivity index (χ3n) is 3.68. The summed E-state index contributed by atoms with van der Waals surface area (Å²) in [6.45, 7) is 2.27. The predicted octanol–water partition coefficient (Wildman–Crippen LogP) is 0.619. The standard InChI is InChI=1S/C13H16N2O3/c1-14-6-13(7-17-8-13)9-3-4-10-11(5-9)18-12(16)15(10)2/h3-5,14H,6-8H2,1-2H3. The highest BCUT2D eigenvalue weighted by Gasteiger charge is 2.40. The van der Waals surface area contributed by atoms with E-state index in [1.165, 1.54) is 4.57 Å². The van der Waals surface area contributed by atoms with Crippen molar-refractivity contribution in [3.63, 3.8) is 0 Å². The lowest BCUT2D eigenvalue weighted by molar-refractivity contribution is -0.0582. The van der Waals surface area contributed by atoms with E-state index in [0.717, 1.165) is 17.6 Å². The molecule has 0 radical (unpaired) electrons. The number of benzene rings is 1. The van der Waals surface area contributed by atoms with Crippen molar-refractivity contribution in [2.45, 2.75) is 5.41 Å². The van der Waals surface area contributed by atoms with Gasteiger partial charge in [0.1, 0.15) is 0 Å². The average Bonchev–Trinajstić information content (AvgIpc) is 2.59. The van der Waals surface area contributed by atoms with Crippen molar-refractivity contribution < 1.29 is 9.15 Å². The molecule has 1 aliphatic heterocycles. The summed E-state index contributed by atoms with van der Waals surface area (Å²) in [6.07, 6.45) is 0. The van der Waals surface area contributed by atoms with Gasteiger partial charge in [-0.15, -0.1) is 0 Å². The monoisotopic (exact) mass is 248 g/mol. The Bertz CT molecular complexity index is 637. The summed E-state index contributed by atoms with van der Waals surface area (Å²) in [6, 6.07) is 5.94. The van der Waals surface area contributed by atoms with Gasteiger partial charge in [0.05, 0.1) is 24.1 Å². The number of nitrogens with zero attached hydrogens (tertiary/aromatic N) is 1. The van der Waals surface area contributed by atoms with Gasteiger partial charge in [-0.1, -0.05) is 6.07 Å². The number of hydrogen-bond donors (Lipinski definition) is 1. The van der Waals surface area contributed by atoms with Gasteiger partial charge in [0.2, 0.25) is 0 Å². The third kappa shape index (κ3) is 1.51. The number of fused-ring (bicyclic) bond motifs is 1. The van der Waals surface area contributed by atoms with Crippen molar-refractivity contribution in [2.24, 2.45) is 7.05 Å². The van der Waals surface area contributed by atoms with Crippen LogP contribution < -0.4 is 11.1 Å². The summed E-state index contributed by atoms with van der Waals surface area (Å²) >= 11 is 0. The molecule has 0 amide bonds. The zero-order valence-corrected chi connectivity index (χ0v) is 10.5. The van der Waals surface area contributed by atoms with E-state index in [0.29, 0.717) is 18.8 Å². The number of nitrogens with one attached hydrogen (secondary N) is 1. The van der Waals surface area contributed by atoms with Gasteiger partial charge in [-0.3, -0.25) is 4.57 Å². The van der Waals surface area contributed by atoms with Crippen LogP contribution in [-0.2, 0) is 17.2 Å². The minimum Gasteiger partial charge on any atom is -0.408 e. The minimum atomic E-state index is -0.324. The van der Waals surface area contributed by atoms with Crippen molar-refractivity contribution >= 4 is 11.1 Å². The second-order valence-electron chi connectivity index (χ2n) is 4.91. The maximum atomic E-state index is 11.5. The van der Waals surface area contributed by atoms with Crippen molar-refractivity contribution in [1.29, 1.82) is 0 Å². The minimum absolute atomic E-state index is 0.0113. The zero-order valence-electron chi connectivity index (χ0n) is 10.5. The molecule has 5 heteroatoms. The van der Waals surface area contributed by atoms with Crippen LogP contribution in [0.2, 0.25) is 0 Å². The molecule has 0 unspecified atom stereocenters. The molecule has 0 spiro atoms. The fourth-order valence-corrected chi connectivity index (χ4v) is 2.52. The zero-order chi connectivity index (χ0) is 12.8. The molecule has 1 fully saturated rings. The first kappa shape index (κ1) is 11.5. The van der Waals surface area contributed by atoms with E-state index in [-0.39, 0.29) is 11.2 Å². The van der Waals surface area contributed by atoms with E-state index in [4.69, 9.17) is 9.15 Å². The average molecular weight is 248 g/mol. The molecule has 2 aromatic rings. The molecule has 0 aliphatic carbocycles. The Morgan fingerprint density at radius 2 is 2.22 bits per heavy atom. The Kier molecular flexibility index (Phi) is 2.53. The van der Waals surface area contributed by atoms with E-state index in [2.05, 4.69) is 11.4 Å². The Morgan fingerprint density at radius 3 is 2.83 bits per heavy atom. The van der Waals surface area contributed by atoms with Gasteiger partial charge in [0.25, 0.3) is 0 Å². The van der Waals surface area contributed by atoms with Gasteiger partial charge >= 0.3 is 5.76 Å². The Morgan fingerprint density at radius 1 is 1.44 bits per heavy atom. The fraction of sp³-hybridized carbons (Fsp3) is 0.462. The van der Waals surface area contributed by atoms with Crippen LogP contribution in [0.1, 0.15) is 5.56 Å². The number of ether oxygens (including phenoxy) is 1. The molecule has 18 heavy (non-hydrogen) atoms. The SMILES string of the molecule is CNCC1(c2ccc3c(c2)oc(=O)n3C)COC1. The first-order valence-electron chi connectivity index (χ1n) is 5.99. The number of rotatable bonds is 3. The number of aromatic nitrogens is 1. The van der Waals surface area contributed by atoms with E-state index in [1.54, 1.807) is 7.05 Å². The number of oxazole rings is 1. The van der Waals surface area contributed by atoms with Gasteiger partial charge in [-0.2, -0.15) is 0 Å². The van der Waals surface area contributed by atoms with Crippen molar-refractivity contribution in [3.8, 4) is 0 Å². The Balaban J connectivity index is 2.10. The first-order chi connectivity index (χ1) is 8.66. The first-order valence-corrected chi connectivity index (χ1v) is 5.99. The molecule has 0 bridgehead atoms. The third-order valence-corrected chi connectivity index (χ3v) is 3.68. The number of likely N-dealkylation sites (N-methyl/N-ethyl adjacent to an activating group) is 1. The summed E-state index contributed by atoms with van der Waals surface area (Å²) in [7, 11) is 3.64. The summed E-state index contributed by atoms with van der Waals surface area (Å²) in [5.74, 6) is -0.324. The van der Waals surface area contributed by atoms with E-state index in [1.807, 2.05) is 19.2 Å². The molecule has 1 aromatic carbocycles. The molecular formula is C13H16N2O3. The normalized spacial score (nSPS) is 17.9. The van der Waals surface area contributed by atoms with Gasteiger partial charge in [0.15, 0.2) is 5.58 Å². The quantitative estimate of drug-likeness (QED) is 0.865. The molecule has 5 nitrogen and oxygen atoms in total. The van der Waals surface area contributed by atoms with Crippen molar-refractivity contribution in [3.05, 3.63) is 34.3 Å². The maximum absolute atomic E-state index is 11.5. The Hall–Kier alpha value is -1.59. The summed E-state index contributed by atoms with van der Waals surface area (Å²) in [5.41, 5.74) is 2.63. The van der Waals surface area contributed by atoms with Crippen molar-refractivity contribution in [1.82, 2.24) is 9.88 Å². The number of hydrogen-bond acceptors (Lipinski definition) is 4. The smallest absolute Gasteiger partial charge is 0.408 e. The van der Waals surface area contributed by atoms with Crippen LogP contribution >= 0.6 is 0 Å². The van der Waals surface area contributed by atoms with Gasteiger partial charge in [-0.25, -0.2) is 4.79 Å². The summed E-state index contributed by atoms with van der Waals surface area (Å²) < 4.78 is 12.1. The highest BCUT2D eigenvalue weighted by atomic mass is 16.5. The molecule has 3 rings (SSSR count). The van der Waals surface area contributed by atoms with Crippen LogP contribution in [0.4, 0.5) is 0 Å². The number of aryl methyl sites for hydroxylation is 1. The second kappa shape index (κ2) is 3.96. The van der Waals surface area contributed by atoms with E-state index in [9.17, 15) is 4.79 Å². The lowest BCUT2D eigenvalue weighted by atomic mass is 9.78. The molecular weight excluding hydrogens is 232 g/mol. The second-order valence-corrected chi connectivity index (χ2v) is 4.91. The summed E-state index contributed by atoms with van der Waals surface area (Å²) in [4.78, 5) is 11.5. The van der Waals surface area contributed by atoms with Gasteiger partial charge < -0.3 is 14.5 Å². The molecule has 1 saturated heterocycles. The lowest BCUT2D eigenvalue weighted by Crippen LogP contribution is -2.52. The topological polar surface area (TPSA) is 56.4 Å². The maximum Gasteiger partial charge on any atom is 0.419 e. The van der Waals surface area contributed by atoms with Crippen LogP contribution in [-0.4, -0.2) is 31.4 Å². The molecule has 0 saturated carbocycles. The van der Waals surface area contributed by atoms with Crippen molar-refractivity contribution in [2.75, 3.05) is 26.8 Å². The molecule has 1 aromatic heterocycles. The van der Waals surface area contributed by atoms with Crippen LogP contribution in [0.3, 0.4) is 0 Å². The van der Waals surface area contributed by atoms with Crippen LogP contribution in [0, 0.1) is 0 Å². The molecule has 0 atom stereocenters. The van der Waals surface area contributed by atoms with Crippen LogP contribution in [0.25, 0.3) is 11.1 Å². The lowest BCUT2D eigenvalue weighted by Gasteiger charge is -2.41. The highest BCUT2D eigenvalue weighted by Crippen LogP contribution is 2.33. The predicted molar refractivity (Wildman–Crippen MR) is 67.9 cm³/mol. The molecule has 1 aliphatic rings. The van der Waals surface area contributed by atoms with E-state index < -0.39 is 0 Å². The molecule has 1 N–H and O–H groups in total. The molecule has 2 heterocycles. The highest BCUT2D eigenvalue weighted by molar-refractivity contribution is 5.74. The Labute approximate surface area is 104 Å². The largest absolute Gasteiger partial charge is 0.419 e. The van der Waals surface area contributed by atoms with Gasteiger partial charge in [0, 0.05) is 13.6 Å². The summed E-state index contributed by atoms with van der Waals surface area (Å²) in [5, 5.41) is 3.20. The fourth-order valence-electron chi connectivity index (χ4n) is 2.52. The van der Waals surface area contributed by atoms with Crippen LogP contribution in [0.15, 0.2) is 27.4 Å². The van der Waals surface area contributed by atoms with Crippen LogP contribution in [0.5, 0.6) is 0 Å². The van der Waals surface area contributed by atoms with Gasteiger partial charge in [-0.05, 0) is 24.7 Å². The van der Waals surface area contributed by atoms with E-state index >= 15 is 0 Å².